The van der Waals surface area contributed by atoms with Crippen molar-refractivity contribution >= 4 is 0 Å². The molecule has 0 radical (unpaired) electrons. The summed E-state index contributed by atoms with van der Waals surface area (Å²) in [6.45, 7) is 0. The number of fused-ring (bicyclic) bond motifs is 2. The molecule has 0 aromatic rings. The van der Waals surface area contributed by atoms with E-state index in [1.54, 1.807) is 0 Å². The Bertz CT molecular complexity index is 272. The molecule has 3 rings (SSSR count). The Morgan fingerprint density at radius 3 is 3.14 bits per heavy atom. The lowest BCUT2D eigenvalue weighted by Crippen LogP contribution is -2.26. The summed E-state index contributed by atoms with van der Waals surface area (Å²) in [5.41, 5.74) is 1.81. The molecule has 3 aliphatic rings. The van der Waals surface area contributed by atoms with Crippen molar-refractivity contribution in [1.29, 1.82) is 0 Å². The van der Waals surface area contributed by atoms with Crippen molar-refractivity contribution in [2.45, 2.75) is 44.9 Å². The maximum Gasteiger partial charge on any atom is -0.00221 e. The first-order chi connectivity index (χ1) is 6.93. The van der Waals surface area contributed by atoms with Crippen molar-refractivity contribution in [3.63, 3.8) is 0 Å². The van der Waals surface area contributed by atoms with Gasteiger partial charge in [0.2, 0.25) is 0 Å². The summed E-state index contributed by atoms with van der Waals surface area (Å²) in [6, 6.07) is 0. The van der Waals surface area contributed by atoms with Crippen LogP contribution < -0.4 is 0 Å². The third-order valence-corrected chi connectivity index (χ3v) is 4.39. The predicted octanol–water partition coefficient (Wildman–Crippen LogP) is 4.09. The van der Waals surface area contributed by atoms with Crippen LogP contribution in [0.4, 0.5) is 0 Å². The third kappa shape index (κ3) is 1.45. The lowest BCUT2D eigenvalue weighted by molar-refractivity contribution is 0.274. The van der Waals surface area contributed by atoms with Crippen LogP contribution in [0.15, 0.2) is 23.8 Å². The smallest absolute Gasteiger partial charge is 0.00221 e. The molecule has 14 heavy (non-hydrogen) atoms. The van der Waals surface area contributed by atoms with E-state index in [0.717, 1.165) is 17.8 Å². The summed E-state index contributed by atoms with van der Waals surface area (Å²) < 4.78 is 0. The molecule has 0 aliphatic heterocycles. The molecular formula is C14H20. The molecule has 0 heteroatoms. The van der Waals surface area contributed by atoms with Gasteiger partial charge in [0, 0.05) is 0 Å². The van der Waals surface area contributed by atoms with E-state index in [-0.39, 0.29) is 0 Å². The zero-order valence-electron chi connectivity index (χ0n) is 8.91. The molecular weight excluding hydrogens is 168 g/mol. The van der Waals surface area contributed by atoms with Crippen LogP contribution in [-0.2, 0) is 0 Å². The van der Waals surface area contributed by atoms with Gasteiger partial charge in [0.15, 0.2) is 0 Å². The van der Waals surface area contributed by atoms with Crippen LogP contribution in [0.1, 0.15) is 44.9 Å². The van der Waals surface area contributed by atoms with Crippen molar-refractivity contribution in [3.05, 3.63) is 23.8 Å². The van der Waals surface area contributed by atoms with Crippen LogP contribution in [0.25, 0.3) is 0 Å². The molecule has 0 aromatic heterocycles. The second kappa shape index (κ2) is 3.56. The van der Waals surface area contributed by atoms with Crippen LogP contribution in [0, 0.1) is 17.8 Å². The molecule has 0 saturated heterocycles. The lowest BCUT2D eigenvalue weighted by Gasteiger charge is -2.38. The average molecular weight is 188 g/mol. The Labute approximate surface area is 87.1 Å². The summed E-state index contributed by atoms with van der Waals surface area (Å²) in [4.78, 5) is 0. The van der Waals surface area contributed by atoms with Gasteiger partial charge in [-0.15, -0.1) is 0 Å². The second-order valence-electron chi connectivity index (χ2n) is 5.26. The minimum absolute atomic E-state index is 0.813. The number of hydrogen-bond donors (Lipinski definition) is 0. The van der Waals surface area contributed by atoms with Gasteiger partial charge in [-0.25, -0.2) is 0 Å². The van der Waals surface area contributed by atoms with E-state index >= 15 is 0 Å². The van der Waals surface area contributed by atoms with Gasteiger partial charge >= 0.3 is 0 Å². The first-order valence-corrected chi connectivity index (χ1v) is 6.31. The number of allylic oxidation sites excluding steroid dienone is 4. The molecule has 1 saturated carbocycles. The Kier molecular flexibility index (Phi) is 2.23. The SMILES string of the molecule is C1=CC2C=C3CCCCC3CC2CC1. The Balaban J connectivity index is 1.86. The van der Waals surface area contributed by atoms with Gasteiger partial charge in [-0.05, 0) is 56.3 Å². The van der Waals surface area contributed by atoms with E-state index in [1.165, 1.54) is 44.9 Å². The molecule has 3 atom stereocenters. The van der Waals surface area contributed by atoms with Crippen molar-refractivity contribution < 1.29 is 0 Å². The molecule has 0 spiro atoms. The van der Waals surface area contributed by atoms with Gasteiger partial charge in [0.05, 0.1) is 0 Å². The topological polar surface area (TPSA) is 0 Å². The third-order valence-electron chi connectivity index (χ3n) is 4.39. The fraction of sp³-hybridized carbons (Fsp3) is 0.714. The van der Waals surface area contributed by atoms with E-state index in [2.05, 4.69) is 18.2 Å². The van der Waals surface area contributed by atoms with E-state index in [9.17, 15) is 0 Å². The van der Waals surface area contributed by atoms with Crippen molar-refractivity contribution in [1.82, 2.24) is 0 Å². The highest BCUT2D eigenvalue weighted by Crippen LogP contribution is 2.44. The molecule has 76 valence electrons. The van der Waals surface area contributed by atoms with E-state index in [4.69, 9.17) is 0 Å². The van der Waals surface area contributed by atoms with Crippen LogP contribution >= 0.6 is 0 Å². The van der Waals surface area contributed by atoms with Crippen molar-refractivity contribution in [2.75, 3.05) is 0 Å². The van der Waals surface area contributed by atoms with Gasteiger partial charge < -0.3 is 0 Å². The number of hydrogen-bond acceptors (Lipinski definition) is 0. The molecule has 0 amide bonds. The first kappa shape index (κ1) is 8.76. The van der Waals surface area contributed by atoms with E-state index in [1.807, 2.05) is 5.57 Å². The first-order valence-electron chi connectivity index (χ1n) is 6.31. The van der Waals surface area contributed by atoms with Crippen molar-refractivity contribution in [3.8, 4) is 0 Å². The molecule has 0 heterocycles. The molecule has 0 aromatic carbocycles. The predicted molar refractivity (Wildman–Crippen MR) is 60.0 cm³/mol. The van der Waals surface area contributed by atoms with E-state index in [0.29, 0.717) is 0 Å². The zero-order chi connectivity index (χ0) is 9.38. The van der Waals surface area contributed by atoms with Gasteiger partial charge in [-0.2, -0.15) is 0 Å². The largest absolute Gasteiger partial charge is 0.0879 e. The highest BCUT2D eigenvalue weighted by molar-refractivity contribution is 5.20. The molecule has 3 aliphatic carbocycles. The van der Waals surface area contributed by atoms with Crippen LogP contribution in [0.3, 0.4) is 0 Å². The monoisotopic (exact) mass is 188 g/mol. The van der Waals surface area contributed by atoms with Gasteiger partial charge in [0.1, 0.15) is 0 Å². The normalized spacial score (nSPS) is 41.1. The fourth-order valence-corrected chi connectivity index (χ4v) is 3.59. The zero-order valence-corrected chi connectivity index (χ0v) is 8.91. The number of rotatable bonds is 0. The lowest BCUT2D eigenvalue weighted by atomic mass is 9.67. The minimum Gasteiger partial charge on any atom is -0.0879 e. The quantitative estimate of drug-likeness (QED) is 0.502. The minimum atomic E-state index is 0.813. The standard InChI is InChI=1S/C14H20/c1-2-6-12-10-14-8-4-3-7-13(14)9-11(12)5-1/h1,5,9,11-12,14H,2-4,6-8,10H2. The Morgan fingerprint density at radius 1 is 1.14 bits per heavy atom. The molecule has 0 bridgehead atoms. The molecule has 1 fully saturated rings. The summed E-state index contributed by atoms with van der Waals surface area (Å²) in [5, 5.41) is 0. The molecule has 3 unspecified atom stereocenters. The fourth-order valence-electron chi connectivity index (χ4n) is 3.59. The molecule has 0 N–H and O–H groups in total. The van der Waals surface area contributed by atoms with Gasteiger partial charge in [-0.1, -0.05) is 30.2 Å². The van der Waals surface area contributed by atoms with Gasteiger partial charge in [-0.3, -0.25) is 0 Å². The highest BCUT2D eigenvalue weighted by Gasteiger charge is 2.31. The summed E-state index contributed by atoms with van der Waals surface area (Å²) in [7, 11) is 0. The van der Waals surface area contributed by atoms with Crippen LogP contribution in [-0.4, -0.2) is 0 Å². The maximum atomic E-state index is 2.62. The maximum absolute atomic E-state index is 2.62. The van der Waals surface area contributed by atoms with Gasteiger partial charge in [0.25, 0.3) is 0 Å². The average Bonchev–Trinajstić information content (AvgIpc) is 2.26. The van der Waals surface area contributed by atoms with E-state index < -0.39 is 0 Å². The van der Waals surface area contributed by atoms with Crippen LogP contribution in [0.2, 0.25) is 0 Å². The summed E-state index contributed by atoms with van der Waals surface area (Å²) >= 11 is 0. The summed E-state index contributed by atoms with van der Waals surface area (Å²) in [6.07, 6.45) is 17.6. The van der Waals surface area contributed by atoms with Crippen LogP contribution in [0.5, 0.6) is 0 Å². The highest BCUT2D eigenvalue weighted by atomic mass is 14.4. The second-order valence-corrected chi connectivity index (χ2v) is 5.26. The Hall–Kier alpha value is -0.520. The van der Waals surface area contributed by atoms with Crippen molar-refractivity contribution in [2.24, 2.45) is 17.8 Å². The summed E-state index contributed by atoms with van der Waals surface area (Å²) in [5.74, 6) is 2.79. The Morgan fingerprint density at radius 2 is 2.14 bits per heavy atom. The molecule has 0 nitrogen and oxygen atoms in total.